The van der Waals surface area contributed by atoms with Crippen LogP contribution in [0.4, 0.5) is 0 Å². The van der Waals surface area contributed by atoms with Gasteiger partial charge in [0.05, 0.1) is 6.54 Å². The highest BCUT2D eigenvalue weighted by atomic mass is 16.2. The first-order chi connectivity index (χ1) is 8.70. The van der Waals surface area contributed by atoms with Gasteiger partial charge in [0.2, 0.25) is 5.91 Å². The third-order valence-corrected chi connectivity index (χ3v) is 4.17. The first-order valence-electron chi connectivity index (χ1n) is 7.42. The molecule has 18 heavy (non-hydrogen) atoms. The quantitative estimate of drug-likeness (QED) is 0.769. The fourth-order valence-electron chi connectivity index (χ4n) is 2.62. The first kappa shape index (κ1) is 13.8. The smallest absolute Gasteiger partial charge is 0.236 e. The van der Waals surface area contributed by atoms with Gasteiger partial charge in [0.15, 0.2) is 0 Å². The molecule has 1 heterocycles. The minimum atomic E-state index is 0.264. The highest BCUT2D eigenvalue weighted by molar-refractivity contribution is 5.78. The SMILES string of the molecule is CCN(C)C(=O)CN(CC1CCCCN1)C1CC1. The van der Waals surface area contributed by atoms with E-state index in [1.165, 1.54) is 32.1 Å². The molecule has 0 aromatic heterocycles. The standard InChI is InChI=1S/C14H27N3O/c1-3-16(2)14(18)11-17(13-7-8-13)10-12-6-4-5-9-15-12/h12-13,15H,3-11H2,1-2H3. The zero-order valence-electron chi connectivity index (χ0n) is 11.8. The van der Waals surface area contributed by atoms with Crippen molar-refractivity contribution in [1.82, 2.24) is 15.1 Å². The lowest BCUT2D eigenvalue weighted by atomic mass is 10.0. The second-order valence-corrected chi connectivity index (χ2v) is 5.72. The summed E-state index contributed by atoms with van der Waals surface area (Å²) in [6.07, 6.45) is 6.45. The Bertz CT molecular complexity index is 272. The fraction of sp³-hybridized carbons (Fsp3) is 0.929. The summed E-state index contributed by atoms with van der Waals surface area (Å²) in [6, 6.07) is 1.27. The van der Waals surface area contributed by atoms with Crippen molar-refractivity contribution in [2.45, 2.75) is 51.1 Å². The summed E-state index contributed by atoms with van der Waals surface area (Å²) in [5, 5.41) is 3.58. The number of likely N-dealkylation sites (N-methyl/N-ethyl adjacent to an activating group) is 1. The van der Waals surface area contributed by atoms with Crippen LogP contribution in [0.25, 0.3) is 0 Å². The molecule has 2 aliphatic rings. The molecule has 1 aliphatic heterocycles. The van der Waals surface area contributed by atoms with E-state index in [-0.39, 0.29) is 5.91 Å². The molecule has 0 radical (unpaired) electrons. The molecule has 2 fully saturated rings. The van der Waals surface area contributed by atoms with Crippen LogP contribution in [-0.2, 0) is 4.79 Å². The minimum absolute atomic E-state index is 0.264. The third kappa shape index (κ3) is 3.95. The van der Waals surface area contributed by atoms with Crippen LogP contribution < -0.4 is 5.32 Å². The van der Waals surface area contributed by atoms with Crippen LogP contribution in [0.5, 0.6) is 0 Å². The van der Waals surface area contributed by atoms with Crippen LogP contribution in [0.3, 0.4) is 0 Å². The van der Waals surface area contributed by atoms with E-state index in [0.717, 1.165) is 19.6 Å². The van der Waals surface area contributed by atoms with Gasteiger partial charge in [0.1, 0.15) is 0 Å². The summed E-state index contributed by atoms with van der Waals surface area (Å²) in [4.78, 5) is 16.2. The van der Waals surface area contributed by atoms with E-state index in [0.29, 0.717) is 18.6 Å². The number of piperidine rings is 1. The Morgan fingerprint density at radius 3 is 2.61 bits per heavy atom. The Morgan fingerprint density at radius 1 is 1.28 bits per heavy atom. The molecule has 1 saturated heterocycles. The summed E-state index contributed by atoms with van der Waals surface area (Å²) in [7, 11) is 1.90. The molecule has 0 aromatic carbocycles. The van der Waals surface area contributed by atoms with Gasteiger partial charge in [-0.25, -0.2) is 0 Å². The van der Waals surface area contributed by atoms with E-state index in [9.17, 15) is 4.79 Å². The fourth-order valence-corrected chi connectivity index (χ4v) is 2.62. The molecular weight excluding hydrogens is 226 g/mol. The van der Waals surface area contributed by atoms with Crippen molar-refractivity contribution >= 4 is 5.91 Å². The van der Waals surface area contributed by atoms with Crippen LogP contribution >= 0.6 is 0 Å². The number of carbonyl (C=O) groups excluding carboxylic acids is 1. The summed E-state index contributed by atoms with van der Waals surface area (Å²) >= 11 is 0. The molecule has 0 spiro atoms. The Morgan fingerprint density at radius 2 is 2.06 bits per heavy atom. The van der Waals surface area contributed by atoms with Gasteiger partial charge in [-0.05, 0) is 39.2 Å². The number of nitrogens with zero attached hydrogens (tertiary/aromatic N) is 2. The van der Waals surface area contributed by atoms with E-state index < -0.39 is 0 Å². The average Bonchev–Trinajstić information content (AvgIpc) is 3.22. The number of carbonyl (C=O) groups is 1. The van der Waals surface area contributed by atoms with Crippen LogP contribution in [0.2, 0.25) is 0 Å². The second kappa shape index (κ2) is 6.53. The molecule has 1 aliphatic carbocycles. The Balaban J connectivity index is 1.81. The number of hydrogen-bond donors (Lipinski definition) is 1. The molecule has 4 nitrogen and oxygen atoms in total. The second-order valence-electron chi connectivity index (χ2n) is 5.72. The van der Waals surface area contributed by atoms with Gasteiger partial charge in [-0.15, -0.1) is 0 Å². The van der Waals surface area contributed by atoms with E-state index in [1.54, 1.807) is 0 Å². The minimum Gasteiger partial charge on any atom is -0.345 e. The maximum Gasteiger partial charge on any atom is 0.236 e. The molecule has 1 amide bonds. The normalized spacial score (nSPS) is 24.3. The lowest BCUT2D eigenvalue weighted by Gasteiger charge is -2.31. The first-order valence-corrected chi connectivity index (χ1v) is 7.42. The van der Waals surface area contributed by atoms with E-state index in [2.05, 4.69) is 10.2 Å². The van der Waals surface area contributed by atoms with Crippen molar-refractivity contribution in [3.63, 3.8) is 0 Å². The van der Waals surface area contributed by atoms with Crippen LogP contribution in [0, 0.1) is 0 Å². The number of hydrogen-bond acceptors (Lipinski definition) is 3. The third-order valence-electron chi connectivity index (χ3n) is 4.17. The van der Waals surface area contributed by atoms with E-state index in [4.69, 9.17) is 0 Å². The summed E-state index contributed by atoms with van der Waals surface area (Å²) in [6.45, 7) is 5.63. The van der Waals surface area contributed by atoms with E-state index >= 15 is 0 Å². The Hall–Kier alpha value is -0.610. The predicted octanol–water partition coefficient (Wildman–Crippen LogP) is 1.07. The zero-order valence-corrected chi connectivity index (χ0v) is 11.8. The van der Waals surface area contributed by atoms with Crippen molar-refractivity contribution in [2.75, 3.05) is 33.2 Å². The number of amides is 1. The van der Waals surface area contributed by atoms with Crippen molar-refractivity contribution in [1.29, 1.82) is 0 Å². The van der Waals surface area contributed by atoms with Crippen molar-refractivity contribution in [2.24, 2.45) is 0 Å². The molecule has 4 heteroatoms. The van der Waals surface area contributed by atoms with Crippen molar-refractivity contribution < 1.29 is 4.79 Å². The van der Waals surface area contributed by atoms with Crippen LogP contribution in [0.1, 0.15) is 39.0 Å². The predicted molar refractivity (Wildman–Crippen MR) is 73.5 cm³/mol. The summed E-state index contributed by atoms with van der Waals surface area (Å²) in [5.41, 5.74) is 0. The summed E-state index contributed by atoms with van der Waals surface area (Å²) < 4.78 is 0. The molecule has 1 N–H and O–H groups in total. The maximum absolute atomic E-state index is 12.0. The lowest BCUT2D eigenvalue weighted by Crippen LogP contribution is -2.47. The van der Waals surface area contributed by atoms with Crippen LogP contribution in [-0.4, -0.2) is 61.0 Å². The molecule has 104 valence electrons. The van der Waals surface area contributed by atoms with Gasteiger partial charge in [-0.2, -0.15) is 0 Å². The van der Waals surface area contributed by atoms with Gasteiger partial charge in [-0.3, -0.25) is 9.69 Å². The highest BCUT2D eigenvalue weighted by Crippen LogP contribution is 2.27. The maximum atomic E-state index is 12.0. The van der Waals surface area contributed by atoms with Crippen molar-refractivity contribution in [3.05, 3.63) is 0 Å². The highest BCUT2D eigenvalue weighted by Gasteiger charge is 2.32. The molecule has 1 saturated carbocycles. The monoisotopic (exact) mass is 253 g/mol. The Labute approximate surface area is 111 Å². The van der Waals surface area contributed by atoms with E-state index in [1.807, 2.05) is 18.9 Å². The summed E-state index contributed by atoms with van der Waals surface area (Å²) in [5.74, 6) is 0.264. The molecule has 1 unspecified atom stereocenters. The Kier molecular flexibility index (Phi) is 5.01. The zero-order chi connectivity index (χ0) is 13.0. The molecule has 0 bridgehead atoms. The van der Waals surface area contributed by atoms with Gasteiger partial charge in [-0.1, -0.05) is 6.42 Å². The number of nitrogens with one attached hydrogen (secondary N) is 1. The molecule has 1 atom stereocenters. The van der Waals surface area contributed by atoms with Gasteiger partial charge >= 0.3 is 0 Å². The molecule has 0 aromatic rings. The molecular formula is C14H27N3O. The lowest BCUT2D eigenvalue weighted by molar-refractivity contribution is -0.131. The molecule has 2 rings (SSSR count). The average molecular weight is 253 g/mol. The van der Waals surface area contributed by atoms with Crippen LogP contribution in [0.15, 0.2) is 0 Å². The van der Waals surface area contributed by atoms with Gasteiger partial charge in [0, 0.05) is 32.2 Å². The van der Waals surface area contributed by atoms with Gasteiger partial charge in [0.25, 0.3) is 0 Å². The van der Waals surface area contributed by atoms with Crippen molar-refractivity contribution in [3.8, 4) is 0 Å². The number of rotatable bonds is 6. The topological polar surface area (TPSA) is 35.6 Å². The van der Waals surface area contributed by atoms with Gasteiger partial charge < -0.3 is 10.2 Å². The largest absolute Gasteiger partial charge is 0.345 e.